The SMILES string of the molecule is CCc1cc(=O)[nH]c2cc(O)ccc12. The van der Waals surface area contributed by atoms with E-state index in [-0.39, 0.29) is 11.3 Å². The van der Waals surface area contributed by atoms with E-state index in [9.17, 15) is 9.90 Å². The van der Waals surface area contributed by atoms with E-state index in [0.717, 1.165) is 17.4 Å². The quantitative estimate of drug-likeness (QED) is 0.718. The Kier molecular flexibility index (Phi) is 2.00. The highest BCUT2D eigenvalue weighted by Crippen LogP contribution is 2.20. The Morgan fingerprint density at radius 2 is 2.14 bits per heavy atom. The fourth-order valence-electron chi connectivity index (χ4n) is 1.61. The van der Waals surface area contributed by atoms with Crippen molar-refractivity contribution in [2.75, 3.05) is 0 Å². The van der Waals surface area contributed by atoms with E-state index < -0.39 is 0 Å². The van der Waals surface area contributed by atoms with E-state index in [0.29, 0.717) is 5.52 Å². The summed E-state index contributed by atoms with van der Waals surface area (Å²) in [5.74, 6) is 0.168. The van der Waals surface area contributed by atoms with Crippen LogP contribution in [-0.2, 0) is 6.42 Å². The molecule has 0 atom stereocenters. The molecule has 0 bridgehead atoms. The van der Waals surface area contributed by atoms with Gasteiger partial charge in [-0.05, 0) is 24.1 Å². The van der Waals surface area contributed by atoms with Gasteiger partial charge in [-0.1, -0.05) is 6.92 Å². The number of phenolic OH excluding ortho intramolecular Hbond substituents is 1. The summed E-state index contributed by atoms with van der Waals surface area (Å²) in [7, 11) is 0. The lowest BCUT2D eigenvalue weighted by Crippen LogP contribution is -2.05. The van der Waals surface area contributed by atoms with Crippen molar-refractivity contribution in [2.24, 2.45) is 0 Å². The summed E-state index contributed by atoms with van der Waals surface area (Å²) in [4.78, 5) is 13.9. The van der Waals surface area contributed by atoms with E-state index in [1.54, 1.807) is 18.2 Å². The third kappa shape index (κ3) is 1.37. The molecule has 0 saturated carbocycles. The van der Waals surface area contributed by atoms with Crippen LogP contribution < -0.4 is 5.56 Å². The van der Waals surface area contributed by atoms with Crippen LogP contribution in [0.2, 0.25) is 0 Å². The van der Waals surface area contributed by atoms with Crippen molar-refractivity contribution in [1.29, 1.82) is 0 Å². The number of aromatic amines is 1. The lowest BCUT2D eigenvalue weighted by Gasteiger charge is -2.03. The zero-order chi connectivity index (χ0) is 10.1. The molecule has 0 fully saturated rings. The highest BCUT2D eigenvalue weighted by Gasteiger charge is 2.01. The first-order valence-corrected chi connectivity index (χ1v) is 4.55. The summed E-state index contributed by atoms with van der Waals surface area (Å²) < 4.78 is 0. The summed E-state index contributed by atoms with van der Waals surface area (Å²) in [5, 5.41) is 10.3. The number of fused-ring (bicyclic) bond motifs is 1. The van der Waals surface area contributed by atoms with Gasteiger partial charge in [-0.2, -0.15) is 0 Å². The third-order valence-electron chi connectivity index (χ3n) is 2.29. The molecule has 0 aliphatic rings. The van der Waals surface area contributed by atoms with Crippen LogP contribution in [0, 0.1) is 0 Å². The van der Waals surface area contributed by atoms with Crippen molar-refractivity contribution < 1.29 is 5.11 Å². The van der Waals surface area contributed by atoms with Crippen LogP contribution in [0.5, 0.6) is 5.75 Å². The normalized spacial score (nSPS) is 10.6. The van der Waals surface area contributed by atoms with E-state index in [1.165, 1.54) is 0 Å². The number of H-pyrrole nitrogens is 1. The first-order chi connectivity index (χ1) is 6.70. The highest BCUT2D eigenvalue weighted by molar-refractivity contribution is 5.83. The molecule has 0 saturated heterocycles. The molecule has 2 N–H and O–H groups in total. The summed E-state index contributed by atoms with van der Waals surface area (Å²) in [6, 6.07) is 6.61. The van der Waals surface area contributed by atoms with Crippen molar-refractivity contribution >= 4 is 10.9 Å². The first-order valence-electron chi connectivity index (χ1n) is 4.55. The van der Waals surface area contributed by atoms with Gasteiger partial charge < -0.3 is 10.1 Å². The third-order valence-corrected chi connectivity index (χ3v) is 2.29. The van der Waals surface area contributed by atoms with Gasteiger partial charge in [-0.3, -0.25) is 4.79 Å². The van der Waals surface area contributed by atoms with Gasteiger partial charge in [-0.15, -0.1) is 0 Å². The number of benzene rings is 1. The van der Waals surface area contributed by atoms with Crippen LogP contribution in [0.25, 0.3) is 10.9 Å². The fraction of sp³-hybridized carbons (Fsp3) is 0.182. The van der Waals surface area contributed by atoms with Crippen molar-refractivity contribution in [1.82, 2.24) is 4.98 Å². The summed E-state index contributed by atoms with van der Waals surface area (Å²) in [6.45, 7) is 2.00. The van der Waals surface area contributed by atoms with Gasteiger partial charge in [-0.25, -0.2) is 0 Å². The van der Waals surface area contributed by atoms with Gasteiger partial charge in [0.15, 0.2) is 0 Å². The van der Waals surface area contributed by atoms with Gasteiger partial charge in [0.2, 0.25) is 5.56 Å². The smallest absolute Gasteiger partial charge is 0.248 e. The molecule has 72 valence electrons. The van der Waals surface area contributed by atoms with Crippen molar-refractivity contribution in [3.63, 3.8) is 0 Å². The molecule has 1 heterocycles. The maximum atomic E-state index is 11.2. The largest absolute Gasteiger partial charge is 0.508 e. The minimum Gasteiger partial charge on any atom is -0.508 e. The number of phenols is 1. The molecule has 0 aliphatic carbocycles. The molecule has 0 aliphatic heterocycles. The maximum Gasteiger partial charge on any atom is 0.248 e. The van der Waals surface area contributed by atoms with Gasteiger partial charge >= 0.3 is 0 Å². The summed E-state index contributed by atoms with van der Waals surface area (Å²) >= 11 is 0. The topological polar surface area (TPSA) is 53.1 Å². The van der Waals surface area contributed by atoms with E-state index in [4.69, 9.17) is 0 Å². The molecule has 2 aromatic rings. The van der Waals surface area contributed by atoms with Crippen molar-refractivity contribution in [3.8, 4) is 5.75 Å². The zero-order valence-electron chi connectivity index (χ0n) is 7.87. The average Bonchev–Trinajstić information content (AvgIpc) is 2.15. The van der Waals surface area contributed by atoms with Crippen LogP contribution in [0.3, 0.4) is 0 Å². The number of rotatable bonds is 1. The Bertz CT molecular complexity index is 528. The molecule has 1 aromatic heterocycles. The molecule has 0 unspecified atom stereocenters. The predicted molar refractivity (Wildman–Crippen MR) is 55.6 cm³/mol. The number of pyridine rings is 1. The average molecular weight is 189 g/mol. The van der Waals surface area contributed by atoms with E-state index in [1.807, 2.05) is 13.0 Å². The predicted octanol–water partition coefficient (Wildman–Crippen LogP) is 1.80. The number of aromatic hydroxyl groups is 1. The second-order valence-electron chi connectivity index (χ2n) is 3.24. The second kappa shape index (κ2) is 3.18. The highest BCUT2D eigenvalue weighted by atomic mass is 16.3. The molecular formula is C11H11NO2. The summed E-state index contributed by atoms with van der Waals surface area (Å²) in [6.07, 6.45) is 0.811. The van der Waals surface area contributed by atoms with Gasteiger partial charge in [0, 0.05) is 17.5 Å². The second-order valence-corrected chi connectivity index (χ2v) is 3.24. The lowest BCUT2D eigenvalue weighted by molar-refractivity contribution is 0.476. The van der Waals surface area contributed by atoms with Crippen LogP contribution in [0.1, 0.15) is 12.5 Å². The molecule has 3 heteroatoms. The van der Waals surface area contributed by atoms with E-state index >= 15 is 0 Å². The van der Waals surface area contributed by atoms with Crippen molar-refractivity contribution in [3.05, 3.63) is 40.2 Å². The number of nitrogens with one attached hydrogen (secondary N) is 1. The first kappa shape index (κ1) is 8.81. The lowest BCUT2D eigenvalue weighted by atomic mass is 10.1. The van der Waals surface area contributed by atoms with Gasteiger partial charge in [0.1, 0.15) is 5.75 Å². The monoisotopic (exact) mass is 189 g/mol. The van der Waals surface area contributed by atoms with Gasteiger partial charge in [0.25, 0.3) is 0 Å². The van der Waals surface area contributed by atoms with Crippen molar-refractivity contribution in [2.45, 2.75) is 13.3 Å². The number of hydrogen-bond acceptors (Lipinski definition) is 2. The number of aromatic nitrogens is 1. The molecule has 0 radical (unpaired) electrons. The molecular weight excluding hydrogens is 178 g/mol. The fourth-order valence-corrected chi connectivity index (χ4v) is 1.61. The Morgan fingerprint density at radius 3 is 2.86 bits per heavy atom. The minimum atomic E-state index is -0.125. The number of hydrogen-bond donors (Lipinski definition) is 2. The summed E-state index contributed by atoms with van der Waals surface area (Å²) in [5.41, 5.74) is 1.57. The Hall–Kier alpha value is -1.77. The van der Waals surface area contributed by atoms with Crippen LogP contribution >= 0.6 is 0 Å². The van der Waals surface area contributed by atoms with E-state index in [2.05, 4.69) is 4.98 Å². The standard InChI is InChI=1S/C11H11NO2/c1-2-7-5-11(14)12-10-6-8(13)3-4-9(7)10/h3-6,13H,2H2,1H3,(H,12,14). The number of aryl methyl sites for hydroxylation is 1. The van der Waals surface area contributed by atoms with Crippen LogP contribution in [0.15, 0.2) is 29.1 Å². The maximum absolute atomic E-state index is 11.2. The molecule has 0 spiro atoms. The molecule has 14 heavy (non-hydrogen) atoms. The zero-order valence-corrected chi connectivity index (χ0v) is 7.87. The Morgan fingerprint density at radius 1 is 1.36 bits per heavy atom. The molecule has 1 aromatic carbocycles. The van der Waals surface area contributed by atoms with Gasteiger partial charge in [0.05, 0.1) is 5.52 Å². The molecule has 2 rings (SSSR count). The van der Waals surface area contributed by atoms with Crippen LogP contribution in [-0.4, -0.2) is 10.1 Å². The Balaban J connectivity index is 2.87. The van der Waals surface area contributed by atoms with Crippen LogP contribution in [0.4, 0.5) is 0 Å². The molecule has 0 amide bonds. The minimum absolute atomic E-state index is 0.125. The molecule has 3 nitrogen and oxygen atoms in total. The Labute approximate surface area is 81.0 Å².